The van der Waals surface area contributed by atoms with Crippen LogP contribution in [0.4, 0.5) is 11.6 Å². The van der Waals surface area contributed by atoms with Gasteiger partial charge < -0.3 is 10.6 Å². The first-order valence-corrected chi connectivity index (χ1v) is 6.76. The van der Waals surface area contributed by atoms with Crippen molar-refractivity contribution in [3.63, 3.8) is 0 Å². The van der Waals surface area contributed by atoms with Gasteiger partial charge >= 0.3 is 0 Å². The molecule has 0 saturated heterocycles. The topological polar surface area (TPSA) is 75.6 Å². The van der Waals surface area contributed by atoms with Gasteiger partial charge in [0.05, 0.1) is 12.2 Å². The van der Waals surface area contributed by atoms with Gasteiger partial charge in [-0.05, 0) is 35.8 Å². The molecule has 7 heteroatoms. The van der Waals surface area contributed by atoms with Crippen molar-refractivity contribution in [3.8, 4) is 0 Å². The van der Waals surface area contributed by atoms with Crippen LogP contribution in [-0.2, 0) is 6.54 Å². The van der Waals surface area contributed by atoms with Crippen molar-refractivity contribution in [3.05, 3.63) is 34.6 Å². The SMILES string of the molecule is CCNc1ncnc(NCc2ccnc(C)n2)c1Br. The maximum Gasteiger partial charge on any atom is 0.146 e. The van der Waals surface area contributed by atoms with E-state index in [1.165, 1.54) is 6.33 Å². The second kappa shape index (κ2) is 6.42. The lowest BCUT2D eigenvalue weighted by Gasteiger charge is -2.10. The molecule has 0 radical (unpaired) electrons. The maximum absolute atomic E-state index is 4.33. The molecule has 0 fully saturated rings. The van der Waals surface area contributed by atoms with Crippen LogP contribution in [0.3, 0.4) is 0 Å². The number of rotatable bonds is 5. The molecule has 0 aromatic carbocycles. The number of aromatic nitrogens is 4. The molecule has 6 nitrogen and oxygen atoms in total. The molecule has 0 spiro atoms. The Morgan fingerprint density at radius 3 is 2.58 bits per heavy atom. The first-order valence-electron chi connectivity index (χ1n) is 5.97. The fourth-order valence-corrected chi connectivity index (χ4v) is 2.05. The average molecular weight is 323 g/mol. The summed E-state index contributed by atoms with van der Waals surface area (Å²) in [5.74, 6) is 2.27. The Balaban J connectivity index is 2.09. The predicted octanol–water partition coefficient (Wildman–Crippen LogP) is 2.38. The van der Waals surface area contributed by atoms with Crippen molar-refractivity contribution < 1.29 is 0 Å². The lowest BCUT2D eigenvalue weighted by molar-refractivity contribution is 0.946. The van der Waals surface area contributed by atoms with Crippen LogP contribution in [0, 0.1) is 6.92 Å². The molecule has 2 heterocycles. The molecule has 0 unspecified atom stereocenters. The quantitative estimate of drug-likeness (QED) is 0.880. The Labute approximate surface area is 120 Å². The third kappa shape index (κ3) is 3.60. The Bertz CT molecular complexity index is 560. The van der Waals surface area contributed by atoms with Gasteiger partial charge in [0.15, 0.2) is 0 Å². The van der Waals surface area contributed by atoms with Gasteiger partial charge in [-0.25, -0.2) is 19.9 Å². The van der Waals surface area contributed by atoms with Gasteiger partial charge in [-0.2, -0.15) is 0 Å². The van der Waals surface area contributed by atoms with Crippen molar-refractivity contribution in [2.45, 2.75) is 20.4 Å². The van der Waals surface area contributed by atoms with E-state index < -0.39 is 0 Å². The molecule has 0 aliphatic rings. The molecule has 100 valence electrons. The summed E-state index contributed by atoms with van der Waals surface area (Å²) < 4.78 is 0.822. The van der Waals surface area contributed by atoms with E-state index in [1.54, 1.807) is 6.20 Å². The average Bonchev–Trinajstić information content (AvgIpc) is 2.40. The predicted molar refractivity (Wildman–Crippen MR) is 78.0 cm³/mol. The number of hydrogen-bond donors (Lipinski definition) is 2. The van der Waals surface area contributed by atoms with Gasteiger partial charge in [-0.3, -0.25) is 0 Å². The first kappa shape index (κ1) is 13.7. The van der Waals surface area contributed by atoms with Crippen molar-refractivity contribution in [1.82, 2.24) is 19.9 Å². The summed E-state index contributed by atoms with van der Waals surface area (Å²) >= 11 is 3.49. The summed E-state index contributed by atoms with van der Waals surface area (Å²) in [4.78, 5) is 16.8. The van der Waals surface area contributed by atoms with E-state index in [9.17, 15) is 0 Å². The zero-order valence-electron chi connectivity index (χ0n) is 10.8. The van der Waals surface area contributed by atoms with Crippen molar-refractivity contribution >= 4 is 27.6 Å². The minimum absolute atomic E-state index is 0.588. The summed E-state index contributed by atoms with van der Waals surface area (Å²) in [5.41, 5.74) is 0.919. The van der Waals surface area contributed by atoms with Crippen molar-refractivity contribution in [2.24, 2.45) is 0 Å². The van der Waals surface area contributed by atoms with Gasteiger partial charge in [0.25, 0.3) is 0 Å². The smallest absolute Gasteiger partial charge is 0.146 e. The van der Waals surface area contributed by atoms with E-state index in [0.29, 0.717) is 6.54 Å². The van der Waals surface area contributed by atoms with Crippen LogP contribution in [0.15, 0.2) is 23.1 Å². The second-order valence-corrected chi connectivity index (χ2v) is 4.66. The van der Waals surface area contributed by atoms with Crippen LogP contribution in [0.2, 0.25) is 0 Å². The highest BCUT2D eigenvalue weighted by atomic mass is 79.9. The van der Waals surface area contributed by atoms with E-state index in [2.05, 4.69) is 46.5 Å². The van der Waals surface area contributed by atoms with Crippen molar-refractivity contribution in [1.29, 1.82) is 0 Å². The molecular formula is C12H15BrN6. The molecule has 0 aliphatic heterocycles. The summed E-state index contributed by atoms with van der Waals surface area (Å²) in [6, 6.07) is 1.88. The Hall–Kier alpha value is -1.76. The fourth-order valence-electron chi connectivity index (χ4n) is 1.56. The molecule has 0 bridgehead atoms. The summed E-state index contributed by atoms with van der Waals surface area (Å²) in [5, 5.41) is 6.39. The van der Waals surface area contributed by atoms with Crippen LogP contribution < -0.4 is 10.6 Å². The molecule has 2 rings (SSSR count). The van der Waals surface area contributed by atoms with Crippen LogP contribution in [0.25, 0.3) is 0 Å². The number of anilines is 2. The van der Waals surface area contributed by atoms with Gasteiger partial charge in [0.2, 0.25) is 0 Å². The van der Waals surface area contributed by atoms with E-state index in [1.807, 2.05) is 19.9 Å². The zero-order valence-corrected chi connectivity index (χ0v) is 12.4. The van der Waals surface area contributed by atoms with E-state index >= 15 is 0 Å². The molecule has 19 heavy (non-hydrogen) atoms. The number of nitrogens with one attached hydrogen (secondary N) is 2. The molecule has 0 saturated carbocycles. The van der Waals surface area contributed by atoms with Gasteiger partial charge in [0.1, 0.15) is 28.3 Å². The number of hydrogen-bond acceptors (Lipinski definition) is 6. The largest absolute Gasteiger partial charge is 0.369 e. The lowest BCUT2D eigenvalue weighted by atomic mass is 10.4. The fraction of sp³-hybridized carbons (Fsp3) is 0.333. The molecule has 0 amide bonds. The van der Waals surface area contributed by atoms with E-state index in [-0.39, 0.29) is 0 Å². The van der Waals surface area contributed by atoms with Crippen molar-refractivity contribution in [2.75, 3.05) is 17.2 Å². The third-order valence-electron chi connectivity index (χ3n) is 2.40. The van der Waals surface area contributed by atoms with E-state index in [0.717, 1.165) is 34.2 Å². The summed E-state index contributed by atoms with van der Waals surface area (Å²) in [6.07, 6.45) is 3.27. The van der Waals surface area contributed by atoms with E-state index in [4.69, 9.17) is 0 Å². The highest BCUT2D eigenvalue weighted by Gasteiger charge is 2.07. The molecule has 0 aliphatic carbocycles. The van der Waals surface area contributed by atoms with Gasteiger partial charge in [-0.1, -0.05) is 0 Å². The van der Waals surface area contributed by atoms with Crippen LogP contribution in [0.1, 0.15) is 18.4 Å². The normalized spacial score (nSPS) is 10.3. The Morgan fingerprint density at radius 2 is 1.89 bits per heavy atom. The second-order valence-electron chi connectivity index (χ2n) is 3.86. The summed E-state index contributed by atoms with van der Waals surface area (Å²) in [6.45, 7) is 5.28. The summed E-state index contributed by atoms with van der Waals surface area (Å²) in [7, 11) is 0. The lowest BCUT2D eigenvalue weighted by Crippen LogP contribution is -2.07. The molecule has 2 aromatic rings. The highest BCUT2D eigenvalue weighted by Crippen LogP contribution is 2.26. The number of aryl methyl sites for hydroxylation is 1. The molecular weight excluding hydrogens is 308 g/mol. The van der Waals surface area contributed by atoms with Gasteiger partial charge in [0, 0.05) is 12.7 Å². The minimum Gasteiger partial charge on any atom is -0.369 e. The number of nitrogens with zero attached hydrogens (tertiary/aromatic N) is 4. The third-order valence-corrected chi connectivity index (χ3v) is 3.16. The van der Waals surface area contributed by atoms with Crippen LogP contribution >= 0.6 is 15.9 Å². The standard InChI is InChI=1S/C12H15BrN6/c1-3-14-11-10(13)12(18-7-17-11)16-6-9-4-5-15-8(2)19-9/h4-5,7H,3,6H2,1-2H3,(H2,14,16,17,18). The zero-order chi connectivity index (χ0) is 13.7. The van der Waals surface area contributed by atoms with Crippen LogP contribution in [0.5, 0.6) is 0 Å². The molecule has 0 atom stereocenters. The maximum atomic E-state index is 4.33. The first-order chi connectivity index (χ1) is 9.20. The molecule has 2 aromatic heterocycles. The highest BCUT2D eigenvalue weighted by molar-refractivity contribution is 9.10. The monoisotopic (exact) mass is 322 g/mol. The van der Waals surface area contributed by atoms with Crippen LogP contribution in [-0.4, -0.2) is 26.5 Å². The molecule has 2 N–H and O–H groups in total. The Morgan fingerprint density at radius 1 is 1.16 bits per heavy atom. The number of halogens is 1. The minimum atomic E-state index is 0.588. The van der Waals surface area contributed by atoms with Gasteiger partial charge in [-0.15, -0.1) is 0 Å². The Kier molecular flexibility index (Phi) is 4.62.